The van der Waals surface area contributed by atoms with Crippen LogP contribution in [0.15, 0.2) is 175 Å². The maximum absolute atomic E-state index is 14.7. The molecule has 0 saturated heterocycles. The number of fused-ring (bicyclic) bond motifs is 9. The predicted molar refractivity (Wildman–Crippen MR) is 239 cm³/mol. The van der Waals surface area contributed by atoms with Gasteiger partial charge in [-0.3, -0.25) is 9.20 Å². The Bertz CT molecular complexity index is 3830. The fourth-order valence-corrected chi connectivity index (χ4v) is 10.8. The van der Waals surface area contributed by atoms with Crippen molar-refractivity contribution in [3.63, 3.8) is 0 Å². The summed E-state index contributed by atoms with van der Waals surface area (Å²) in [7, 11) is 0. The van der Waals surface area contributed by atoms with Crippen LogP contribution in [0.4, 0.5) is 0 Å². The summed E-state index contributed by atoms with van der Waals surface area (Å²) < 4.78 is 1.84. The van der Waals surface area contributed by atoms with Gasteiger partial charge in [0.25, 0.3) is 5.56 Å². The van der Waals surface area contributed by atoms with E-state index in [0.717, 1.165) is 54.1 Å². The summed E-state index contributed by atoms with van der Waals surface area (Å²) in [4.78, 5) is 19.9. The highest BCUT2D eigenvalue weighted by atomic mass is 16.1. The summed E-state index contributed by atoms with van der Waals surface area (Å²) >= 11 is 0. The SMILES string of the molecule is O=c1c2ccc3c4ccc5c6c(ccc(c7ccc(c2c37)c2nc3cccc7cccc(c73)n12)c64)-c1c-5c(-c2ccccc2)c2ccccc2c1-c1ccccc1. The van der Waals surface area contributed by atoms with Gasteiger partial charge in [-0.15, -0.1) is 0 Å². The van der Waals surface area contributed by atoms with Gasteiger partial charge >= 0.3 is 0 Å². The Kier molecular flexibility index (Phi) is 5.40. The molecule has 0 radical (unpaired) electrons. The van der Waals surface area contributed by atoms with Gasteiger partial charge < -0.3 is 0 Å². The van der Waals surface area contributed by atoms with Crippen LogP contribution in [0, 0.1) is 0 Å². The van der Waals surface area contributed by atoms with Crippen LogP contribution in [0.2, 0.25) is 0 Å². The van der Waals surface area contributed by atoms with Crippen molar-refractivity contribution in [3.8, 4) is 44.5 Å². The highest BCUT2D eigenvalue weighted by Gasteiger charge is 2.32. The lowest BCUT2D eigenvalue weighted by Crippen LogP contribution is -2.16. The second kappa shape index (κ2) is 10.4. The predicted octanol–water partition coefficient (Wildman–Crippen LogP) is 13.8. The topological polar surface area (TPSA) is 34.4 Å². The van der Waals surface area contributed by atoms with Crippen molar-refractivity contribution >= 4 is 92.1 Å². The lowest BCUT2D eigenvalue weighted by molar-refractivity contribution is 1.15. The van der Waals surface area contributed by atoms with E-state index in [4.69, 9.17) is 4.98 Å². The third-order valence-electron chi connectivity index (χ3n) is 13.0. The molecule has 57 heavy (non-hydrogen) atoms. The van der Waals surface area contributed by atoms with Crippen molar-refractivity contribution in [3.05, 3.63) is 180 Å². The Morgan fingerprint density at radius 2 is 0.842 bits per heavy atom. The summed E-state index contributed by atoms with van der Waals surface area (Å²) in [6.07, 6.45) is 0. The fourth-order valence-electron chi connectivity index (χ4n) is 10.8. The third kappa shape index (κ3) is 3.54. The van der Waals surface area contributed by atoms with Crippen LogP contribution >= 0.6 is 0 Å². The van der Waals surface area contributed by atoms with Gasteiger partial charge in [0.05, 0.1) is 11.0 Å². The second-order valence-corrected chi connectivity index (χ2v) is 15.6. The summed E-state index contributed by atoms with van der Waals surface area (Å²) in [6, 6.07) is 61.2. The highest BCUT2D eigenvalue weighted by Crippen LogP contribution is 2.59. The Labute approximate surface area is 325 Å². The number of aromatic nitrogens is 2. The first-order chi connectivity index (χ1) is 28.2. The number of rotatable bonds is 2. The molecule has 260 valence electrons. The minimum atomic E-state index is -0.0316. The number of pyridine rings is 1. The van der Waals surface area contributed by atoms with Crippen molar-refractivity contribution < 1.29 is 0 Å². The number of hydrogen-bond acceptors (Lipinski definition) is 2. The van der Waals surface area contributed by atoms with E-state index in [2.05, 4.69) is 152 Å². The molecule has 0 bridgehead atoms. The Morgan fingerprint density at radius 3 is 1.46 bits per heavy atom. The zero-order valence-electron chi connectivity index (χ0n) is 30.5. The molecule has 1 aliphatic carbocycles. The maximum Gasteiger partial charge on any atom is 0.264 e. The zero-order chi connectivity index (χ0) is 37.1. The summed E-state index contributed by atoms with van der Waals surface area (Å²) in [5, 5.41) is 15.8. The van der Waals surface area contributed by atoms with Crippen LogP contribution < -0.4 is 5.56 Å². The lowest BCUT2D eigenvalue weighted by atomic mass is 9.82. The van der Waals surface area contributed by atoms with E-state index in [9.17, 15) is 4.79 Å². The van der Waals surface area contributed by atoms with Gasteiger partial charge in [-0.05, 0) is 123 Å². The molecule has 0 atom stereocenters. The molecular formula is C54H28N2O. The molecule has 0 unspecified atom stereocenters. The first kappa shape index (κ1) is 29.7. The van der Waals surface area contributed by atoms with Gasteiger partial charge in [0.1, 0.15) is 5.65 Å². The first-order valence-electron chi connectivity index (χ1n) is 19.6. The quantitative estimate of drug-likeness (QED) is 0.132. The molecule has 2 aromatic heterocycles. The average Bonchev–Trinajstić information content (AvgIpc) is 3.60. The molecule has 13 aromatic rings. The van der Waals surface area contributed by atoms with Crippen molar-refractivity contribution in [2.45, 2.75) is 0 Å². The third-order valence-corrected chi connectivity index (χ3v) is 13.0. The van der Waals surface area contributed by atoms with Gasteiger partial charge in [-0.2, -0.15) is 0 Å². The second-order valence-electron chi connectivity index (χ2n) is 15.6. The largest absolute Gasteiger partial charge is 0.268 e. The Balaban J connectivity index is 1.16. The standard InChI is InChI=1S/C54H28N2O/c57-54-41-28-24-37-35-22-26-39-49-38(51-44(29-11-3-1-4-12-29)32-17-7-8-18-33(32)45(52(39)51)30-13-5-2-6-14-30)25-21-34(47(35)49)36-23-27-40(50(41)48(36)37)53-55-42-19-9-15-31-16-10-20-43(46(31)42)56(53)54/h1-28H. The molecule has 14 rings (SSSR count). The Hall–Kier alpha value is -7.62. The van der Waals surface area contributed by atoms with E-state index in [1.807, 2.05) is 22.6 Å². The summed E-state index contributed by atoms with van der Waals surface area (Å²) in [6.45, 7) is 0. The summed E-state index contributed by atoms with van der Waals surface area (Å²) in [5.41, 5.74) is 12.6. The molecule has 0 spiro atoms. The molecule has 1 aliphatic rings. The molecule has 2 heterocycles. The fraction of sp³-hybridized carbons (Fsp3) is 0. The van der Waals surface area contributed by atoms with E-state index in [-0.39, 0.29) is 5.56 Å². The van der Waals surface area contributed by atoms with Crippen LogP contribution in [0.3, 0.4) is 0 Å². The van der Waals surface area contributed by atoms with Gasteiger partial charge in [0.2, 0.25) is 0 Å². The smallest absolute Gasteiger partial charge is 0.264 e. The van der Waals surface area contributed by atoms with Gasteiger partial charge in [-0.1, -0.05) is 146 Å². The average molecular weight is 721 g/mol. The molecule has 0 amide bonds. The minimum Gasteiger partial charge on any atom is -0.268 e. The molecule has 3 nitrogen and oxygen atoms in total. The molecule has 0 aliphatic heterocycles. The molecule has 0 fully saturated rings. The van der Waals surface area contributed by atoms with E-state index in [0.29, 0.717) is 5.65 Å². The monoisotopic (exact) mass is 720 g/mol. The van der Waals surface area contributed by atoms with Gasteiger partial charge in [0, 0.05) is 21.5 Å². The van der Waals surface area contributed by atoms with Gasteiger partial charge in [-0.25, -0.2) is 4.98 Å². The minimum absolute atomic E-state index is 0.0316. The van der Waals surface area contributed by atoms with E-state index < -0.39 is 0 Å². The zero-order valence-corrected chi connectivity index (χ0v) is 30.5. The lowest BCUT2D eigenvalue weighted by Gasteiger charge is -2.20. The highest BCUT2D eigenvalue weighted by molar-refractivity contribution is 6.41. The van der Waals surface area contributed by atoms with E-state index >= 15 is 0 Å². The number of benzene rings is 11. The number of hydrogen-bond donors (Lipinski definition) is 0. The van der Waals surface area contributed by atoms with Crippen molar-refractivity contribution in [2.24, 2.45) is 0 Å². The molecule has 3 heteroatoms. The summed E-state index contributed by atoms with van der Waals surface area (Å²) in [5.74, 6) is 0. The number of nitrogens with zero attached hydrogens (tertiary/aromatic N) is 2. The van der Waals surface area contributed by atoms with Crippen LogP contribution in [-0.4, -0.2) is 9.38 Å². The van der Waals surface area contributed by atoms with E-state index in [1.54, 1.807) is 0 Å². The van der Waals surface area contributed by atoms with Gasteiger partial charge in [0.15, 0.2) is 0 Å². The molecule has 11 aromatic carbocycles. The normalized spacial score (nSPS) is 12.6. The van der Waals surface area contributed by atoms with Crippen LogP contribution in [0.1, 0.15) is 0 Å². The molecule has 0 N–H and O–H groups in total. The van der Waals surface area contributed by atoms with Crippen molar-refractivity contribution in [1.29, 1.82) is 0 Å². The molecular weight excluding hydrogens is 693 g/mol. The van der Waals surface area contributed by atoms with Crippen LogP contribution in [-0.2, 0) is 0 Å². The van der Waals surface area contributed by atoms with E-state index in [1.165, 1.54) is 76.8 Å². The maximum atomic E-state index is 14.7. The van der Waals surface area contributed by atoms with Crippen LogP contribution in [0.5, 0.6) is 0 Å². The van der Waals surface area contributed by atoms with Crippen LogP contribution in [0.25, 0.3) is 137 Å². The van der Waals surface area contributed by atoms with Crippen molar-refractivity contribution in [2.75, 3.05) is 0 Å². The Morgan fingerprint density at radius 1 is 0.351 bits per heavy atom. The molecule has 0 saturated carbocycles. The van der Waals surface area contributed by atoms with Crippen molar-refractivity contribution in [1.82, 2.24) is 9.38 Å². The first-order valence-corrected chi connectivity index (χ1v) is 19.6.